The number of hydrogen-bond donors (Lipinski definition) is 1. The van der Waals surface area contributed by atoms with Gasteiger partial charge in [-0.2, -0.15) is 0 Å². The van der Waals surface area contributed by atoms with Crippen molar-refractivity contribution in [3.63, 3.8) is 0 Å². The van der Waals surface area contributed by atoms with Crippen LogP contribution in [0.4, 0.5) is 0 Å². The number of pyridine rings is 1. The number of benzene rings is 2. The van der Waals surface area contributed by atoms with Gasteiger partial charge in [-0.3, -0.25) is 0 Å². The minimum atomic E-state index is -0.977. The Hall–Kier alpha value is -2.39. The molecule has 0 fully saturated rings. The molecule has 3 nitrogen and oxygen atoms in total. The van der Waals surface area contributed by atoms with E-state index in [1.807, 2.05) is 30.3 Å². The molecule has 1 heterocycles. The van der Waals surface area contributed by atoms with Crippen LogP contribution in [-0.2, 0) is 0 Å². The first-order chi connectivity index (χ1) is 9.65. The van der Waals surface area contributed by atoms with Crippen LogP contribution in [0.1, 0.15) is 10.4 Å². The van der Waals surface area contributed by atoms with Crippen molar-refractivity contribution in [1.82, 2.24) is 4.98 Å². The van der Waals surface area contributed by atoms with Crippen LogP contribution in [-0.4, -0.2) is 16.1 Å². The Labute approximate surface area is 120 Å². The summed E-state index contributed by atoms with van der Waals surface area (Å²) in [7, 11) is 0. The predicted octanol–water partition coefficient (Wildman–Crippen LogP) is 4.25. The number of carbonyl (C=O) groups is 1. The van der Waals surface area contributed by atoms with E-state index in [1.54, 1.807) is 12.1 Å². The van der Waals surface area contributed by atoms with E-state index in [1.165, 1.54) is 12.1 Å². The molecule has 1 N–H and O–H groups in total. The number of halogens is 1. The Bertz CT molecular complexity index is 800. The lowest BCUT2D eigenvalue weighted by molar-refractivity contribution is 0.0697. The van der Waals surface area contributed by atoms with Crippen molar-refractivity contribution in [2.45, 2.75) is 0 Å². The first kappa shape index (κ1) is 12.6. The quantitative estimate of drug-likeness (QED) is 0.765. The summed E-state index contributed by atoms with van der Waals surface area (Å²) in [6.07, 6.45) is 0. The molecular weight excluding hydrogens is 274 g/mol. The van der Waals surface area contributed by atoms with Crippen LogP contribution in [0, 0.1) is 0 Å². The molecule has 4 heteroatoms. The third-order valence-electron chi connectivity index (χ3n) is 3.08. The van der Waals surface area contributed by atoms with E-state index in [4.69, 9.17) is 16.7 Å². The lowest BCUT2D eigenvalue weighted by Crippen LogP contribution is -1.96. The van der Waals surface area contributed by atoms with Crippen molar-refractivity contribution in [3.05, 3.63) is 65.2 Å². The number of carboxylic acid groups (broad SMARTS) is 1. The fraction of sp³-hybridized carbons (Fsp3) is 0. The van der Waals surface area contributed by atoms with Crippen molar-refractivity contribution < 1.29 is 9.90 Å². The molecule has 0 bridgehead atoms. The molecule has 0 radical (unpaired) electrons. The summed E-state index contributed by atoms with van der Waals surface area (Å²) in [6.45, 7) is 0. The molecule has 3 aromatic rings. The lowest BCUT2D eigenvalue weighted by atomic mass is 10.1. The minimum Gasteiger partial charge on any atom is -0.478 e. The number of aromatic nitrogens is 1. The Balaban J connectivity index is 2.24. The molecule has 0 aliphatic carbocycles. The van der Waals surface area contributed by atoms with Gasteiger partial charge in [-0.05, 0) is 18.2 Å². The number of nitrogens with zero attached hydrogens (tertiary/aromatic N) is 1. The number of rotatable bonds is 2. The second-order valence-corrected chi connectivity index (χ2v) is 4.80. The van der Waals surface area contributed by atoms with E-state index in [2.05, 4.69) is 4.98 Å². The third-order valence-corrected chi connectivity index (χ3v) is 3.39. The molecule has 0 unspecified atom stereocenters. The molecule has 0 spiro atoms. The number of fused-ring (bicyclic) bond motifs is 1. The summed E-state index contributed by atoms with van der Waals surface area (Å²) in [5, 5.41) is 10.3. The highest BCUT2D eigenvalue weighted by atomic mass is 35.5. The van der Waals surface area contributed by atoms with Crippen LogP contribution in [0.5, 0.6) is 0 Å². The van der Waals surface area contributed by atoms with Gasteiger partial charge < -0.3 is 5.11 Å². The van der Waals surface area contributed by atoms with Gasteiger partial charge in [-0.1, -0.05) is 48.0 Å². The lowest BCUT2D eigenvalue weighted by Gasteiger charge is -2.06. The van der Waals surface area contributed by atoms with E-state index in [-0.39, 0.29) is 5.56 Å². The van der Waals surface area contributed by atoms with Gasteiger partial charge in [0.25, 0.3) is 0 Å². The van der Waals surface area contributed by atoms with Crippen molar-refractivity contribution in [1.29, 1.82) is 0 Å². The molecule has 0 atom stereocenters. The fourth-order valence-corrected chi connectivity index (χ4v) is 2.34. The zero-order valence-electron chi connectivity index (χ0n) is 10.4. The maximum atomic E-state index is 11.0. The highest BCUT2D eigenvalue weighted by Gasteiger charge is 2.09. The third kappa shape index (κ3) is 2.24. The van der Waals surface area contributed by atoms with Crippen LogP contribution in [0.25, 0.3) is 22.2 Å². The number of carboxylic acids is 1. The van der Waals surface area contributed by atoms with E-state index in [9.17, 15) is 4.79 Å². The van der Waals surface area contributed by atoms with E-state index >= 15 is 0 Å². The molecule has 0 aliphatic heterocycles. The van der Waals surface area contributed by atoms with Crippen molar-refractivity contribution in [2.75, 3.05) is 0 Å². The van der Waals surface area contributed by atoms with Crippen LogP contribution in [0.2, 0.25) is 5.02 Å². The first-order valence-corrected chi connectivity index (χ1v) is 6.42. The highest BCUT2D eigenvalue weighted by Crippen LogP contribution is 2.28. The van der Waals surface area contributed by atoms with Gasteiger partial charge >= 0.3 is 5.97 Å². The van der Waals surface area contributed by atoms with E-state index in [0.717, 1.165) is 16.6 Å². The second-order valence-electron chi connectivity index (χ2n) is 4.39. The number of hydrogen-bond acceptors (Lipinski definition) is 2. The molecule has 98 valence electrons. The maximum absolute atomic E-state index is 11.0. The zero-order chi connectivity index (χ0) is 14.1. The number of aromatic carboxylic acids is 1. The Morgan fingerprint density at radius 3 is 2.50 bits per heavy atom. The molecular formula is C16H10ClNO2. The summed E-state index contributed by atoms with van der Waals surface area (Å²) in [4.78, 5) is 15.5. The summed E-state index contributed by atoms with van der Waals surface area (Å²) >= 11 is 6.26. The summed E-state index contributed by atoms with van der Waals surface area (Å²) in [5.74, 6) is -0.977. The van der Waals surface area contributed by atoms with Gasteiger partial charge in [0, 0.05) is 10.9 Å². The zero-order valence-corrected chi connectivity index (χ0v) is 11.1. The second kappa shape index (κ2) is 4.94. The van der Waals surface area contributed by atoms with E-state index in [0.29, 0.717) is 10.5 Å². The normalized spacial score (nSPS) is 10.7. The largest absolute Gasteiger partial charge is 0.478 e. The van der Waals surface area contributed by atoms with Gasteiger partial charge in [-0.15, -0.1) is 0 Å². The van der Waals surface area contributed by atoms with Crippen molar-refractivity contribution in [3.8, 4) is 11.3 Å². The summed E-state index contributed by atoms with van der Waals surface area (Å²) < 4.78 is 0. The Kier molecular flexibility index (Phi) is 3.12. The van der Waals surface area contributed by atoms with Crippen LogP contribution >= 0.6 is 11.6 Å². The van der Waals surface area contributed by atoms with Crippen LogP contribution in [0.15, 0.2) is 54.6 Å². The van der Waals surface area contributed by atoms with Crippen molar-refractivity contribution in [2.24, 2.45) is 0 Å². The molecule has 0 aliphatic rings. The first-order valence-electron chi connectivity index (χ1n) is 6.04. The summed E-state index contributed by atoms with van der Waals surface area (Å²) in [5.41, 5.74) is 2.45. The standard InChI is InChI=1S/C16H10ClNO2/c17-13-9-14(10-4-2-1-3-5-10)18-15-8-11(16(19)20)6-7-12(13)15/h1-9H,(H,19,20). The van der Waals surface area contributed by atoms with Gasteiger partial charge in [0.05, 0.1) is 21.8 Å². The van der Waals surface area contributed by atoms with Gasteiger partial charge in [0.1, 0.15) is 0 Å². The van der Waals surface area contributed by atoms with Gasteiger partial charge in [0.2, 0.25) is 0 Å². The van der Waals surface area contributed by atoms with E-state index < -0.39 is 5.97 Å². The SMILES string of the molecule is O=C(O)c1ccc2c(Cl)cc(-c3ccccc3)nc2c1. The molecule has 0 saturated heterocycles. The average Bonchev–Trinajstić information content (AvgIpc) is 2.47. The van der Waals surface area contributed by atoms with Gasteiger partial charge in [-0.25, -0.2) is 9.78 Å². The maximum Gasteiger partial charge on any atom is 0.335 e. The molecule has 1 aromatic heterocycles. The molecule has 0 saturated carbocycles. The molecule has 3 rings (SSSR count). The predicted molar refractivity (Wildman–Crippen MR) is 79.1 cm³/mol. The topological polar surface area (TPSA) is 50.2 Å². The van der Waals surface area contributed by atoms with Crippen LogP contribution in [0.3, 0.4) is 0 Å². The monoisotopic (exact) mass is 283 g/mol. The smallest absolute Gasteiger partial charge is 0.335 e. The minimum absolute atomic E-state index is 0.200. The van der Waals surface area contributed by atoms with Crippen LogP contribution < -0.4 is 0 Å². The van der Waals surface area contributed by atoms with Gasteiger partial charge in [0.15, 0.2) is 0 Å². The summed E-state index contributed by atoms with van der Waals surface area (Å²) in [6, 6.07) is 16.2. The Morgan fingerprint density at radius 1 is 1.05 bits per heavy atom. The molecule has 20 heavy (non-hydrogen) atoms. The average molecular weight is 284 g/mol. The highest BCUT2D eigenvalue weighted by molar-refractivity contribution is 6.35. The Morgan fingerprint density at radius 2 is 1.80 bits per heavy atom. The van der Waals surface area contributed by atoms with Crippen molar-refractivity contribution >= 4 is 28.5 Å². The molecule has 2 aromatic carbocycles. The fourth-order valence-electron chi connectivity index (χ4n) is 2.08. The molecule has 0 amide bonds.